The van der Waals surface area contributed by atoms with E-state index in [4.69, 9.17) is 34.8 Å². The van der Waals surface area contributed by atoms with Gasteiger partial charge in [-0.05, 0) is 18.2 Å². The molecule has 2 atom stereocenters. The molecule has 0 aromatic heterocycles. The molecule has 1 fully saturated rings. The van der Waals surface area contributed by atoms with Crippen molar-refractivity contribution in [1.82, 2.24) is 5.32 Å². The van der Waals surface area contributed by atoms with Gasteiger partial charge in [-0.1, -0.05) is 23.2 Å². The second kappa shape index (κ2) is 5.48. The minimum Gasteiger partial charge on any atom is -0.347 e. The Morgan fingerprint density at radius 3 is 2.53 bits per heavy atom. The van der Waals surface area contributed by atoms with Crippen molar-refractivity contribution >= 4 is 50.5 Å². The quantitative estimate of drug-likeness (QED) is 0.838. The molecule has 1 N–H and O–H groups in total. The number of amides is 1. The van der Waals surface area contributed by atoms with E-state index in [1.807, 2.05) is 0 Å². The summed E-state index contributed by atoms with van der Waals surface area (Å²) in [5.41, 5.74) is 0.197. The number of hydrogen-bond donors (Lipinski definition) is 1. The van der Waals surface area contributed by atoms with Crippen LogP contribution in [0.5, 0.6) is 0 Å². The molecule has 1 aromatic carbocycles. The molecule has 2 rings (SSSR count). The van der Waals surface area contributed by atoms with Gasteiger partial charge in [-0.25, -0.2) is 8.42 Å². The molecule has 0 spiro atoms. The zero-order valence-corrected chi connectivity index (χ0v) is 12.7. The average Bonchev–Trinajstić information content (AvgIpc) is 2.55. The van der Waals surface area contributed by atoms with E-state index in [0.29, 0.717) is 5.02 Å². The van der Waals surface area contributed by atoms with Gasteiger partial charge in [-0.2, -0.15) is 0 Å². The van der Waals surface area contributed by atoms with Crippen LogP contribution in [0.2, 0.25) is 10.0 Å². The Bertz CT molecular complexity index is 618. The summed E-state index contributed by atoms with van der Waals surface area (Å²) in [6, 6.07) is 3.87. The van der Waals surface area contributed by atoms with Gasteiger partial charge in [0, 0.05) is 5.02 Å². The third-order valence-corrected chi connectivity index (χ3v) is 5.71. The molecule has 1 saturated heterocycles. The lowest BCUT2D eigenvalue weighted by Crippen LogP contribution is -2.40. The molecule has 8 heteroatoms. The van der Waals surface area contributed by atoms with Gasteiger partial charge in [0.25, 0.3) is 5.91 Å². The predicted octanol–water partition coefficient (Wildman–Crippen LogP) is 2.13. The molecule has 2 unspecified atom stereocenters. The van der Waals surface area contributed by atoms with E-state index in [0.717, 1.165) is 0 Å². The zero-order valence-electron chi connectivity index (χ0n) is 9.57. The van der Waals surface area contributed by atoms with E-state index in [1.165, 1.54) is 12.1 Å². The maximum atomic E-state index is 12.0. The fraction of sp³-hybridized carbons (Fsp3) is 0.364. The van der Waals surface area contributed by atoms with Crippen molar-refractivity contribution in [1.29, 1.82) is 0 Å². The van der Waals surface area contributed by atoms with Gasteiger partial charge >= 0.3 is 0 Å². The van der Waals surface area contributed by atoms with Crippen LogP contribution in [0.3, 0.4) is 0 Å². The first-order valence-corrected chi connectivity index (χ1v) is 8.40. The molecule has 0 radical (unpaired) electrons. The van der Waals surface area contributed by atoms with E-state index >= 15 is 0 Å². The maximum absolute atomic E-state index is 12.0. The number of benzene rings is 1. The summed E-state index contributed by atoms with van der Waals surface area (Å²) in [7, 11) is -3.20. The van der Waals surface area contributed by atoms with E-state index in [1.54, 1.807) is 6.07 Å². The number of nitrogens with one attached hydrogen (secondary N) is 1. The Labute approximate surface area is 125 Å². The molecule has 0 saturated carbocycles. The van der Waals surface area contributed by atoms with Crippen LogP contribution in [-0.2, 0) is 9.84 Å². The van der Waals surface area contributed by atoms with Crippen LogP contribution >= 0.6 is 34.8 Å². The van der Waals surface area contributed by atoms with Gasteiger partial charge in [-0.15, -0.1) is 11.6 Å². The third kappa shape index (κ3) is 3.54. The van der Waals surface area contributed by atoms with Crippen LogP contribution in [0.4, 0.5) is 0 Å². The van der Waals surface area contributed by atoms with Gasteiger partial charge in [0.1, 0.15) is 0 Å². The first-order valence-electron chi connectivity index (χ1n) is 5.39. The highest BCUT2D eigenvalue weighted by Gasteiger charge is 2.37. The first-order chi connectivity index (χ1) is 8.78. The molecule has 1 aromatic rings. The van der Waals surface area contributed by atoms with E-state index < -0.39 is 27.2 Å². The molecule has 4 nitrogen and oxygen atoms in total. The lowest BCUT2D eigenvalue weighted by molar-refractivity contribution is 0.0941. The van der Waals surface area contributed by atoms with Crippen molar-refractivity contribution < 1.29 is 13.2 Å². The van der Waals surface area contributed by atoms with Crippen LogP contribution in [0.25, 0.3) is 0 Å². The second-order valence-corrected chi connectivity index (χ2v) is 7.86. The van der Waals surface area contributed by atoms with Crippen LogP contribution in [0.15, 0.2) is 18.2 Å². The first kappa shape index (κ1) is 14.9. The monoisotopic (exact) mass is 341 g/mol. The highest BCUT2D eigenvalue weighted by atomic mass is 35.5. The second-order valence-electron chi connectivity index (χ2n) is 4.30. The number of hydrogen-bond acceptors (Lipinski definition) is 3. The number of carbonyl (C=O) groups is 1. The summed E-state index contributed by atoms with van der Waals surface area (Å²) >= 11 is 17.6. The number of halogens is 3. The Hall–Kier alpha value is -0.490. The summed E-state index contributed by atoms with van der Waals surface area (Å²) in [5, 5.41) is 2.56. The minimum absolute atomic E-state index is 0.136. The molecule has 0 aliphatic carbocycles. The van der Waals surface area contributed by atoms with Gasteiger partial charge in [-0.3, -0.25) is 4.79 Å². The van der Waals surface area contributed by atoms with Crippen LogP contribution < -0.4 is 5.32 Å². The van der Waals surface area contributed by atoms with Crippen LogP contribution in [0, 0.1) is 0 Å². The fourth-order valence-electron chi connectivity index (χ4n) is 1.85. The van der Waals surface area contributed by atoms with E-state index in [2.05, 4.69) is 5.32 Å². The smallest absolute Gasteiger partial charge is 0.253 e. The van der Waals surface area contributed by atoms with Crippen molar-refractivity contribution in [3.63, 3.8) is 0 Å². The van der Waals surface area contributed by atoms with Gasteiger partial charge in [0.15, 0.2) is 9.84 Å². The highest BCUT2D eigenvalue weighted by Crippen LogP contribution is 2.22. The summed E-state index contributed by atoms with van der Waals surface area (Å²) in [6.07, 6.45) is 0. The van der Waals surface area contributed by atoms with Gasteiger partial charge < -0.3 is 5.32 Å². The fourth-order valence-corrected chi connectivity index (χ4v) is 4.78. The Kier molecular flexibility index (Phi) is 4.30. The Balaban J connectivity index is 2.16. The van der Waals surface area contributed by atoms with Gasteiger partial charge in [0.2, 0.25) is 0 Å². The SMILES string of the molecule is O=C(NC1CS(=O)(=O)CC1Cl)c1cc(Cl)ccc1Cl. The Morgan fingerprint density at radius 2 is 1.95 bits per heavy atom. The van der Waals surface area contributed by atoms with E-state index in [-0.39, 0.29) is 22.1 Å². The lowest BCUT2D eigenvalue weighted by atomic mass is 10.2. The van der Waals surface area contributed by atoms with Crippen molar-refractivity contribution in [3.05, 3.63) is 33.8 Å². The molecular formula is C11H10Cl3NO3S. The molecule has 104 valence electrons. The maximum Gasteiger partial charge on any atom is 0.253 e. The predicted molar refractivity (Wildman–Crippen MR) is 76.0 cm³/mol. The van der Waals surface area contributed by atoms with Crippen LogP contribution in [-0.4, -0.2) is 37.2 Å². The van der Waals surface area contributed by atoms with Crippen molar-refractivity contribution in [2.45, 2.75) is 11.4 Å². The van der Waals surface area contributed by atoms with Crippen LogP contribution in [0.1, 0.15) is 10.4 Å². The summed E-state index contributed by atoms with van der Waals surface area (Å²) in [5.74, 6) is -0.784. The average molecular weight is 343 g/mol. The third-order valence-electron chi connectivity index (χ3n) is 2.77. The molecule has 1 heterocycles. The molecule has 0 bridgehead atoms. The van der Waals surface area contributed by atoms with Crippen molar-refractivity contribution in [3.8, 4) is 0 Å². The zero-order chi connectivity index (χ0) is 14.2. The normalized spacial score (nSPS) is 25.2. The summed E-state index contributed by atoms with van der Waals surface area (Å²) in [6.45, 7) is 0. The summed E-state index contributed by atoms with van der Waals surface area (Å²) < 4.78 is 22.8. The summed E-state index contributed by atoms with van der Waals surface area (Å²) in [4.78, 5) is 12.0. The van der Waals surface area contributed by atoms with E-state index in [9.17, 15) is 13.2 Å². The number of rotatable bonds is 2. The van der Waals surface area contributed by atoms with Gasteiger partial charge in [0.05, 0.1) is 33.5 Å². The number of carbonyl (C=O) groups excluding carboxylic acids is 1. The molecular weight excluding hydrogens is 333 g/mol. The van der Waals surface area contributed by atoms with Crippen molar-refractivity contribution in [2.24, 2.45) is 0 Å². The minimum atomic E-state index is -3.20. The topological polar surface area (TPSA) is 63.2 Å². The highest BCUT2D eigenvalue weighted by molar-refractivity contribution is 7.91. The largest absolute Gasteiger partial charge is 0.347 e. The van der Waals surface area contributed by atoms with Crippen molar-refractivity contribution in [2.75, 3.05) is 11.5 Å². The molecule has 1 aliphatic rings. The Morgan fingerprint density at radius 1 is 1.26 bits per heavy atom. The standard InChI is InChI=1S/C11H10Cl3NO3S/c12-6-1-2-8(13)7(3-6)11(16)15-10-5-19(17,18)4-9(10)14/h1-3,9-10H,4-5H2,(H,15,16). The lowest BCUT2D eigenvalue weighted by Gasteiger charge is -2.15. The molecule has 1 aliphatic heterocycles. The number of alkyl halides is 1. The number of sulfone groups is 1. The molecule has 1 amide bonds. The molecule has 19 heavy (non-hydrogen) atoms.